The van der Waals surface area contributed by atoms with Crippen molar-refractivity contribution in [1.82, 2.24) is 10.6 Å². The molecule has 0 rings (SSSR count). The van der Waals surface area contributed by atoms with Crippen LogP contribution in [0.1, 0.15) is 0 Å². The van der Waals surface area contributed by atoms with Crippen LogP contribution in [0.3, 0.4) is 0 Å². The molecule has 0 saturated heterocycles. The molecule has 0 heterocycles. The first kappa shape index (κ1) is 10.0. The number of hydrogen-bond acceptors (Lipinski definition) is 1. The molecule has 0 aliphatic carbocycles. The van der Waals surface area contributed by atoms with Crippen molar-refractivity contribution in [3.63, 3.8) is 0 Å². The third kappa shape index (κ3) is 6.16. The van der Waals surface area contributed by atoms with Crippen LogP contribution in [-0.2, 0) is 0 Å². The van der Waals surface area contributed by atoms with E-state index in [-0.39, 0.29) is 6.03 Å². The summed E-state index contributed by atoms with van der Waals surface area (Å²) in [7, 11) is 0. The lowest BCUT2D eigenvalue weighted by Crippen LogP contribution is -2.37. The van der Waals surface area contributed by atoms with Gasteiger partial charge in [-0.15, -0.1) is 11.6 Å². The van der Waals surface area contributed by atoms with Gasteiger partial charge in [-0.3, -0.25) is 0 Å². The van der Waals surface area contributed by atoms with Gasteiger partial charge < -0.3 is 10.6 Å². The van der Waals surface area contributed by atoms with Gasteiger partial charge in [-0.05, 0) is 0 Å². The Labute approximate surface area is 73.6 Å². The minimum atomic E-state index is -0.167. The van der Waals surface area contributed by atoms with E-state index >= 15 is 0 Å². The average Bonchev–Trinajstić information content (AvgIpc) is 1.97. The zero-order valence-corrected chi connectivity index (χ0v) is 7.83. The van der Waals surface area contributed by atoms with Crippen LogP contribution in [0.2, 0.25) is 0 Å². The van der Waals surface area contributed by atoms with Crippen molar-refractivity contribution in [3.05, 3.63) is 0 Å². The highest BCUT2D eigenvalue weighted by Crippen LogP contribution is 1.75. The summed E-state index contributed by atoms with van der Waals surface area (Å²) in [5.74, 6) is 0.446. The van der Waals surface area contributed by atoms with Crippen molar-refractivity contribution in [2.24, 2.45) is 0 Å². The second-order valence-corrected chi connectivity index (χ2v) is 2.73. The van der Waals surface area contributed by atoms with Crippen molar-refractivity contribution in [2.75, 3.05) is 24.3 Å². The van der Waals surface area contributed by atoms with Crippen LogP contribution in [0, 0.1) is 0 Å². The monoisotopic (exact) mass is 228 g/mol. The zero-order valence-electron chi connectivity index (χ0n) is 5.49. The van der Waals surface area contributed by atoms with E-state index < -0.39 is 0 Å². The van der Waals surface area contributed by atoms with E-state index in [4.69, 9.17) is 11.6 Å². The van der Waals surface area contributed by atoms with E-state index in [2.05, 4.69) is 26.6 Å². The van der Waals surface area contributed by atoms with Crippen LogP contribution >= 0.6 is 27.5 Å². The van der Waals surface area contributed by atoms with Crippen LogP contribution in [0.4, 0.5) is 4.79 Å². The Balaban J connectivity index is 3.09. The molecule has 10 heavy (non-hydrogen) atoms. The molecular weight excluding hydrogens is 219 g/mol. The smallest absolute Gasteiger partial charge is 0.314 e. The zero-order chi connectivity index (χ0) is 7.82. The van der Waals surface area contributed by atoms with Gasteiger partial charge in [0.25, 0.3) is 0 Å². The Kier molecular flexibility index (Phi) is 7.18. The van der Waals surface area contributed by atoms with Gasteiger partial charge in [0, 0.05) is 24.3 Å². The van der Waals surface area contributed by atoms with Crippen LogP contribution < -0.4 is 10.6 Å². The fraction of sp³-hybridized carbons (Fsp3) is 0.800. The molecule has 0 fully saturated rings. The van der Waals surface area contributed by atoms with E-state index in [0.717, 1.165) is 5.33 Å². The lowest BCUT2D eigenvalue weighted by atomic mass is 10.7. The maximum Gasteiger partial charge on any atom is 0.314 e. The van der Waals surface area contributed by atoms with Crippen molar-refractivity contribution < 1.29 is 4.79 Å². The van der Waals surface area contributed by atoms with Gasteiger partial charge in [-0.25, -0.2) is 4.79 Å². The van der Waals surface area contributed by atoms with Gasteiger partial charge in [-0.1, -0.05) is 15.9 Å². The Morgan fingerprint density at radius 3 is 2.50 bits per heavy atom. The molecule has 0 spiro atoms. The van der Waals surface area contributed by atoms with Crippen LogP contribution in [-0.4, -0.2) is 30.3 Å². The summed E-state index contributed by atoms with van der Waals surface area (Å²) in [5, 5.41) is 5.94. The van der Waals surface area contributed by atoms with Crippen LogP contribution in [0.25, 0.3) is 0 Å². The van der Waals surface area contributed by atoms with E-state index in [1.807, 2.05) is 0 Å². The Morgan fingerprint density at radius 1 is 1.40 bits per heavy atom. The second kappa shape index (κ2) is 7.15. The third-order valence-electron chi connectivity index (χ3n) is 0.760. The van der Waals surface area contributed by atoms with Gasteiger partial charge in [0.15, 0.2) is 0 Å². The Bertz CT molecular complexity index is 91.6. The molecule has 0 unspecified atom stereocenters. The van der Waals surface area contributed by atoms with E-state index in [9.17, 15) is 4.79 Å². The number of rotatable bonds is 4. The normalized spacial score (nSPS) is 9.00. The number of alkyl halides is 2. The summed E-state index contributed by atoms with van der Waals surface area (Å²) in [5.41, 5.74) is 0. The third-order valence-corrected chi connectivity index (χ3v) is 1.35. The van der Waals surface area contributed by atoms with Gasteiger partial charge in [-0.2, -0.15) is 0 Å². The first-order valence-corrected chi connectivity index (χ1v) is 4.60. The lowest BCUT2D eigenvalue weighted by Gasteiger charge is -2.02. The molecule has 3 nitrogen and oxygen atoms in total. The van der Waals surface area contributed by atoms with Gasteiger partial charge in [0.05, 0.1) is 0 Å². The second-order valence-electron chi connectivity index (χ2n) is 1.56. The van der Waals surface area contributed by atoms with E-state index in [1.54, 1.807) is 0 Å². The first-order chi connectivity index (χ1) is 4.81. The minimum absolute atomic E-state index is 0.167. The number of urea groups is 1. The lowest BCUT2D eigenvalue weighted by molar-refractivity contribution is 0.242. The highest BCUT2D eigenvalue weighted by atomic mass is 79.9. The maximum absolute atomic E-state index is 10.7. The summed E-state index contributed by atoms with van der Waals surface area (Å²) in [6, 6.07) is -0.167. The van der Waals surface area contributed by atoms with Gasteiger partial charge in [0.1, 0.15) is 0 Å². The predicted molar refractivity (Wildman–Crippen MR) is 45.9 cm³/mol. The largest absolute Gasteiger partial charge is 0.337 e. The molecule has 0 aromatic rings. The average molecular weight is 230 g/mol. The summed E-state index contributed by atoms with van der Waals surface area (Å²) in [4.78, 5) is 10.7. The van der Waals surface area contributed by atoms with Crippen molar-refractivity contribution in [3.8, 4) is 0 Å². The fourth-order valence-electron chi connectivity index (χ4n) is 0.384. The molecule has 0 aliphatic rings. The van der Waals surface area contributed by atoms with Crippen LogP contribution in [0.5, 0.6) is 0 Å². The minimum Gasteiger partial charge on any atom is -0.337 e. The SMILES string of the molecule is O=C(NCCCl)NCCBr. The summed E-state index contributed by atoms with van der Waals surface area (Å²) in [6.45, 7) is 1.14. The highest BCUT2D eigenvalue weighted by molar-refractivity contribution is 9.09. The van der Waals surface area contributed by atoms with Gasteiger partial charge >= 0.3 is 6.03 Å². The number of carbonyl (C=O) groups excluding carboxylic acids is 1. The quantitative estimate of drug-likeness (QED) is 0.692. The number of hydrogen-bond donors (Lipinski definition) is 2. The number of nitrogens with one attached hydrogen (secondary N) is 2. The molecule has 2 N–H and O–H groups in total. The molecule has 0 aromatic heterocycles. The fourth-order valence-corrected chi connectivity index (χ4v) is 0.677. The Morgan fingerprint density at radius 2 is 2.00 bits per heavy atom. The number of halogens is 2. The number of carbonyl (C=O) groups is 1. The highest BCUT2D eigenvalue weighted by Gasteiger charge is 1.94. The predicted octanol–water partition coefficient (Wildman–Crippen LogP) is 0.919. The maximum atomic E-state index is 10.7. The molecule has 0 bridgehead atoms. The molecule has 2 amide bonds. The molecule has 0 atom stereocenters. The molecule has 60 valence electrons. The standard InChI is InChI=1S/C5H10BrClN2O/c6-1-3-8-5(10)9-4-2-7/h1-4H2,(H2,8,9,10). The molecule has 5 heteroatoms. The molecule has 0 aliphatic heterocycles. The first-order valence-electron chi connectivity index (χ1n) is 2.95. The van der Waals surface area contributed by atoms with Gasteiger partial charge in [0.2, 0.25) is 0 Å². The van der Waals surface area contributed by atoms with Crippen molar-refractivity contribution >= 4 is 33.6 Å². The molecule has 0 aromatic carbocycles. The molecular formula is C5H10BrClN2O. The number of amides is 2. The van der Waals surface area contributed by atoms with E-state index in [0.29, 0.717) is 19.0 Å². The topological polar surface area (TPSA) is 41.1 Å². The Hall–Kier alpha value is 0.0400. The molecule has 0 saturated carbocycles. The summed E-state index contributed by atoms with van der Waals surface area (Å²) in [6.07, 6.45) is 0. The van der Waals surface area contributed by atoms with Crippen molar-refractivity contribution in [1.29, 1.82) is 0 Å². The van der Waals surface area contributed by atoms with E-state index in [1.165, 1.54) is 0 Å². The van der Waals surface area contributed by atoms with Crippen LogP contribution in [0.15, 0.2) is 0 Å². The summed E-state index contributed by atoms with van der Waals surface area (Å²) >= 11 is 8.51. The summed E-state index contributed by atoms with van der Waals surface area (Å²) < 4.78 is 0. The molecule has 0 radical (unpaired) electrons. The van der Waals surface area contributed by atoms with Crippen molar-refractivity contribution in [2.45, 2.75) is 0 Å².